The van der Waals surface area contributed by atoms with Gasteiger partial charge in [-0.3, -0.25) is 0 Å². The highest BCUT2D eigenvalue weighted by Gasteiger charge is 2.44. The van der Waals surface area contributed by atoms with Crippen LogP contribution in [0.4, 0.5) is 19.0 Å². The first-order valence-electron chi connectivity index (χ1n) is 12.6. The number of hydrogen-bond donors (Lipinski definition) is 1. The molecule has 6 rings (SSSR count). The van der Waals surface area contributed by atoms with Crippen LogP contribution in [0.15, 0.2) is 45.4 Å². The van der Waals surface area contributed by atoms with Gasteiger partial charge in [0.1, 0.15) is 28.9 Å². The number of ether oxygens (including phenoxy) is 1. The summed E-state index contributed by atoms with van der Waals surface area (Å²) in [4.78, 5) is 25.8. The molecule has 15 heteroatoms. The van der Waals surface area contributed by atoms with Crippen molar-refractivity contribution >= 4 is 59.6 Å². The number of halogens is 4. The second-order valence-electron chi connectivity index (χ2n) is 10.1. The molecule has 0 bridgehead atoms. The summed E-state index contributed by atoms with van der Waals surface area (Å²) in [7, 11) is -3.36. The number of fused-ring (bicyclic) bond motifs is 3. The monoisotopic (exact) mass is 654 g/mol. The van der Waals surface area contributed by atoms with Crippen LogP contribution in [0.25, 0.3) is 22.1 Å². The van der Waals surface area contributed by atoms with Crippen molar-refractivity contribution in [1.82, 2.24) is 15.0 Å². The fourth-order valence-corrected chi connectivity index (χ4v) is 7.17. The molecule has 0 spiro atoms. The van der Waals surface area contributed by atoms with Crippen LogP contribution in [0.1, 0.15) is 37.1 Å². The topological polar surface area (TPSA) is 136 Å². The van der Waals surface area contributed by atoms with Crippen molar-refractivity contribution in [3.05, 3.63) is 52.4 Å². The summed E-state index contributed by atoms with van der Waals surface area (Å²) in [5.41, 5.74) is -1.43. The van der Waals surface area contributed by atoms with Crippen LogP contribution in [-0.2, 0) is 20.3 Å². The standard InChI is InChI=1S/C26H22BrF3N4O6S/c27-13-9-16(26(30)5-7-41(37,38)8-6-26)24(31-11-13)39-14-10-17(25(35)36)34(12-14)23-20-19(32-22(33-23)21(28)29)15-3-1-2-4-18(15)40-20/h1-4,9,11,14,17,21H,5-8,10,12H2,(H,35,36)/t14-,17-/m0/s1. The zero-order valence-electron chi connectivity index (χ0n) is 21.1. The van der Waals surface area contributed by atoms with Gasteiger partial charge >= 0.3 is 5.97 Å². The van der Waals surface area contributed by atoms with Gasteiger partial charge in [0, 0.05) is 22.5 Å². The van der Waals surface area contributed by atoms with Crippen LogP contribution in [0, 0.1) is 0 Å². The number of benzene rings is 1. The van der Waals surface area contributed by atoms with E-state index in [9.17, 15) is 27.1 Å². The van der Waals surface area contributed by atoms with E-state index >= 15 is 4.39 Å². The van der Waals surface area contributed by atoms with Gasteiger partial charge in [0.2, 0.25) is 5.88 Å². The molecule has 1 N–H and O–H groups in total. The minimum absolute atomic E-state index is 0.0498. The lowest BCUT2D eigenvalue weighted by atomic mass is 9.90. The third-order valence-electron chi connectivity index (χ3n) is 7.43. The van der Waals surface area contributed by atoms with Crippen molar-refractivity contribution in [2.45, 2.75) is 43.5 Å². The Morgan fingerprint density at radius 3 is 2.66 bits per heavy atom. The Morgan fingerprint density at radius 1 is 1.22 bits per heavy atom. The fourth-order valence-electron chi connectivity index (χ4n) is 5.37. The molecule has 0 amide bonds. The number of rotatable bonds is 6. The van der Waals surface area contributed by atoms with E-state index in [0.717, 1.165) is 0 Å². The number of carboxylic acids is 1. The number of aliphatic carboxylic acids is 1. The summed E-state index contributed by atoms with van der Waals surface area (Å²) < 4.78 is 80.0. The van der Waals surface area contributed by atoms with Gasteiger partial charge in [-0.15, -0.1) is 0 Å². The van der Waals surface area contributed by atoms with Crippen molar-refractivity contribution in [3.8, 4) is 5.88 Å². The Balaban J connectivity index is 1.37. The molecular weight excluding hydrogens is 633 g/mol. The number of hydrogen-bond acceptors (Lipinski definition) is 9. The van der Waals surface area contributed by atoms with Crippen LogP contribution in [0.2, 0.25) is 0 Å². The van der Waals surface area contributed by atoms with Crippen molar-refractivity contribution in [1.29, 1.82) is 0 Å². The lowest BCUT2D eigenvalue weighted by molar-refractivity contribution is -0.138. The molecule has 5 heterocycles. The first-order chi connectivity index (χ1) is 19.4. The number of alkyl halides is 3. The lowest BCUT2D eigenvalue weighted by Crippen LogP contribution is -2.37. The first kappa shape index (κ1) is 27.7. The van der Waals surface area contributed by atoms with Crippen molar-refractivity contribution in [2.24, 2.45) is 0 Å². The molecule has 2 aliphatic rings. The normalized spacial score (nSPS) is 22.0. The van der Waals surface area contributed by atoms with Gasteiger partial charge in [0.05, 0.1) is 23.6 Å². The number of nitrogens with zero attached hydrogens (tertiary/aromatic N) is 4. The smallest absolute Gasteiger partial charge is 0.326 e. The van der Waals surface area contributed by atoms with Crippen molar-refractivity contribution in [2.75, 3.05) is 23.0 Å². The van der Waals surface area contributed by atoms with Crippen LogP contribution >= 0.6 is 15.9 Å². The number of pyridine rings is 1. The van der Waals surface area contributed by atoms with E-state index in [0.29, 0.717) is 15.4 Å². The van der Waals surface area contributed by atoms with E-state index in [2.05, 4.69) is 30.9 Å². The number of anilines is 1. The van der Waals surface area contributed by atoms with Gasteiger partial charge < -0.3 is 19.2 Å². The molecule has 1 aromatic carbocycles. The number of furan rings is 1. The highest BCUT2D eigenvalue weighted by atomic mass is 79.9. The minimum Gasteiger partial charge on any atom is -0.480 e. The number of para-hydroxylation sites is 1. The van der Waals surface area contributed by atoms with Crippen molar-refractivity contribution < 1.29 is 40.6 Å². The van der Waals surface area contributed by atoms with Gasteiger partial charge in [-0.25, -0.2) is 41.3 Å². The Labute approximate surface area is 239 Å². The number of aromatic nitrogens is 3. The van der Waals surface area contributed by atoms with E-state index in [4.69, 9.17) is 9.15 Å². The summed E-state index contributed by atoms with van der Waals surface area (Å²) in [5.74, 6) is -2.92. The number of carboxylic acid groups (broad SMARTS) is 1. The molecule has 0 unspecified atom stereocenters. The Bertz CT molecular complexity index is 1770. The molecule has 2 saturated heterocycles. The molecule has 10 nitrogen and oxygen atoms in total. The average Bonchev–Trinajstić information content (AvgIpc) is 3.53. The Hall–Kier alpha value is -3.46. The van der Waals surface area contributed by atoms with Crippen LogP contribution in [0.3, 0.4) is 0 Å². The van der Waals surface area contributed by atoms with Gasteiger partial charge in [-0.05, 0) is 47.0 Å². The van der Waals surface area contributed by atoms with E-state index in [1.54, 1.807) is 24.3 Å². The van der Waals surface area contributed by atoms with Crippen molar-refractivity contribution in [3.63, 3.8) is 0 Å². The number of sulfone groups is 1. The second-order valence-corrected chi connectivity index (χ2v) is 13.3. The van der Waals surface area contributed by atoms with Gasteiger partial charge in [-0.2, -0.15) is 0 Å². The third kappa shape index (κ3) is 5.09. The molecule has 2 atom stereocenters. The minimum atomic E-state index is -3.36. The largest absolute Gasteiger partial charge is 0.480 e. The summed E-state index contributed by atoms with van der Waals surface area (Å²) in [6, 6.07) is 6.92. The highest BCUT2D eigenvalue weighted by Crippen LogP contribution is 2.44. The predicted molar refractivity (Wildman–Crippen MR) is 145 cm³/mol. The molecule has 0 aliphatic carbocycles. The maximum absolute atomic E-state index is 16.1. The molecule has 4 aromatic rings. The summed E-state index contributed by atoms with van der Waals surface area (Å²) in [6.07, 6.45) is -3.15. The molecule has 3 aromatic heterocycles. The van der Waals surface area contributed by atoms with Gasteiger partial charge in [-0.1, -0.05) is 12.1 Å². The summed E-state index contributed by atoms with van der Waals surface area (Å²) in [5, 5.41) is 10.5. The molecule has 0 radical (unpaired) electrons. The second kappa shape index (κ2) is 10.1. The van der Waals surface area contributed by atoms with E-state index < -0.39 is 45.9 Å². The molecular formula is C26H22BrF3N4O6S. The van der Waals surface area contributed by atoms with Crippen LogP contribution in [0.5, 0.6) is 5.88 Å². The number of carbonyl (C=O) groups is 1. The third-order valence-corrected chi connectivity index (χ3v) is 9.52. The Morgan fingerprint density at radius 2 is 1.95 bits per heavy atom. The maximum Gasteiger partial charge on any atom is 0.326 e. The Kier molecular flexibility index (Phi) is 6.83. The first-order valence-corrected chi connectivity index (χ1v) is 15.2. The SMILES string of the molecule is O=C(O)[C@@H]1C[C@H](Oc2ncc(Br)cc2C2(F)CCS(=O)(=O)CC2)CN1c1nc(C(F)F)nc2c1oc1ccccc12. The van der Waals surface area contributed by atoms with E-state index in [1.807, 2.05) is 0 Å². The summed E-state index contributed by atoms with van der Waals surface area (Å²) >= 11 is 3.27. The molecule has 2 aliphatic heterocycles. The fraction of sp³-hybridized carbons (Fsp3) is 0.385. The van der Waals surface area contributed by atoms with E-state index in [-0.39, 0.29) is 65.7 Å². The predicted octanol–water partition coefficient (Wildman–Crippen LogP) is 4.96. The zero-order chi connectivity index (χ0) is 29.1. The molecule has 216 valence electrons. The van der Waals surface area contributed by atoms with E-state index in [1.165, 1.54) is 17.2 Å². The van der Waals surface area contributed by atoms with Crippen LogP contribution < -0.4 is 9.64 Å². The molecule has 41 heavy (non-hydrogen) atoms. The highest BCUT2D eigenvalue weighted by molar-refractivity contribution is 9.10. The summed E-state index contributed by atoms with van der Waals surface area (Å²) in [6.45, 7) is -0.117. The quantitative estimate of drug-likeness (QED) is 0.304. The van der Waals surface area contributed by atoms with Gasteiger partial charge in [0.25, 0.3) is 6.43 Å². The molecule has 0 saturated carbocycles. The van der Waals surface area contributed by atoms with Crippen LogP contribution in [-0.4, -0.2) is 64.6 Å². The maximum atomic E-state index is 16.1. The average molecular weight is 655 g/mol. The lowest BCUT2D eigenvalue weighted by Gasteiger charge is -2.31. The molecule has 2 fully saturated rings. The van der Waals surface area contributed by atoms with Gasteiger partial charge in [0.15, 0.2) is 27.1 Å². The zero-order valence-corrected chi connectivity index (χ0v) is 23.5.